The Morgan fingerprint density at radius 3 is 2.61 bits per heavy atom. The van der Waals surface area contributed by atoms with Crippen LogP contribution in [0.3, 0.4) is 0 Å². The highest BCUT2D eigenvalue weighted by Gasteiger charge is 2.51. The molecule has 0 bridgehead atoms. The summed E-state index contributed by atoms with van der Waals surface area (Å²) in [5.74, 6) is -0.559. The minimum absolute atomic E-state index is 0.146. The average Bonchev–Trinajstić information content (AvgIpc) is 3.43. The van der Waals surface area contributed by atoms with Gasteiger partial charge in [0.05, 0.1) is 23.0 Å². The van der Waals surface area contributed by atoms with Crippen LogP contribution in [0.1, 0.15) is 54.5 Å². The van der Waals surface area contributed by atoms with Gasteiger partial charge in [-0.1, -0.05) is 0 Å². The summed E-state index contributed by atoms with van der Waals surface area (Å²) in [6.45, 7) is 10.4. The van der Waals surface area contributed by atoms with Gasteiger partial charge in [-0.15, -0.1) is 0 Å². The molecule has 3 aromatic heterocycles. The number of nitrogens with two attached hydrogens (primary N) is 1. The van der Waals surface area contributed by atoms with E-state index in [2.05, 4.69) is 20.5 Å². The number of aryl methyl sites for hydroxylation is 3. The number of urea groups is 1. The quantitative estimate of drug-likeness (QED) is 0.564. The fourth-order valence-electron chi connectivity index (χ4n) is 5.59. The van der Waals surface area contributed by atoms with Crippen molar-refractivity contribution in [1.29, 1.82) is 0 Å². The maximum Gasteiger partial charge on any atom is 0.419 e. The van der Waals surface area contributed by atoms with Crippen molar-refractivity contribution in [3.05, 3.63) is 46.5 Å². The summed E-state index contributed by atoms with van der Waals surface area (Å²) in [7, 11) is 0. The third-order valence-electron chi connectivity index (χ3n) is 7.43. The molecule has 0 aromatic carbocycles. The van der Waals surface area contributed by atoms with Crippen LogP contribution in [-0.2, 0) is 24.7 Å². The summed E-state index contributed by atoms with van der Waals surface area (Å²) in [5, 5.41) is 12.1. The molecule has 36 heavy (non-hydrogen) atoms. The van der Waals surface area contributed by atoms with E-state index in [0.29, 0.717) is 25.3 Å². The molecule has 1 fully saturated rings. The second-order valence-corrected chi connectivity index (χ2v) is 9.75. The number of nitrogens with zero attached hydrogens (tertiary/aromatic N) is 6. The predicted molar refractivity (Wildman–Crippen MR) is 127 cm³/mol. The molecule has 9 nitrogen and oxygen atoms in total. The molecule has 2 aliphatic rings. The fraction of sp³-hybridized carbons (Fsp3) is 0.500. The zero-order chi connectivity index (χ0) is 26.0. The number of aromatic nitrogens is 5. The second-order valence-electron chi connectivity index (χ2n) is 9.75. The number of alkyl halides is 3. The van der Waals surface area contributed by atoms with Crippen LogP contribution in [0.2, 0.25) is 0 Å². The number of fused-ring (bicyclic) bond motifs is 2. The molecule has 0 radical (unpaired) electrons. The molecule has 3 N–H and O–H groups in total. The van der Waals surface area contributed by atoms with E-state index in [9.17, 15) is 18.0 Å². The Bertz CT molecular complexity index is 1340. The summed E-state index contributed by atoms with van der Waals surface area (Å²) in [4.78, 5) is 18.5. The molecular weight excluding hydrogens is 473 g/mol. The lowest BCUT2D eigenvalue weighted by molar-refractivity contribution is -0.137. The first kappa shape index (κ1) is 24.1. The molecule has 1 spiro atoms. The number of likely N-dealkylation sites (tertiary alicyclic amines) is 1. The molecule has 12 heteroatoms. The molecule has 5 rings (SSSR count). The van der Waals surface area contributed by atoms with Crippen LogP contribution in [-0.4, -0.2) is 48.6 Å². The summed E-state index contributed by atoms with van der Waals surface area (Å²) in [6.07, 6.45) is -2.46. The topological polar surface area (TPSA) is 107 Å². The highest BCUT2D eigenvalue weighted by molar-refractivity contribution is 5.76. The van der Waals surface area contributed by atoms with E-state index in [0.717, 1.165) is 41.7 Å². The van der Waals surface area contributed by atoms with E-state index in [1.54, 1.807) is 4.90 Å². The van der Waals surface area contributed by atoms with Gasteiger partial charge in [-0.2, -0.15) is 23.4 Å². The zero-order valence-electron chi connectivity index (χ0n) is 20.6. The molecule has 2 amide bonds. The van der Waals surface area contributed by atoms with E-state index in [-0.39, 0.29) is 23.1 Å². The Morgan fingerprint density at radius 1 is 1.25 bits per heavy atom. The van der Waals surface area contributed by atoms with E-state index in [4.69, 9.17) is 5.73 Å². The number of amides is 2. The fourth-order valence-corrected chi connectivity index (χ4v) is 5.59. The van der Waals surface area contributed by atoms with Crippen LogP contribution in [0.4, 0.5) is 23.8 Å². The molecule has 2 aliphatic heterocycles. The standard InChI is InChI=1S/C24H29F3N8O/c1-5-34-15(4)20(14(3)31-34)13(2)30-22(36)33-11-23(12-33)6-7-35-19(23)9-18(32-35)16-8-17(24(25,26)27)21(28)29-10-16/h8-10,13H,5-7,11-12H2,1-4H3,(H2,28,29)(H,30,36). The number of nitrogen functional groups attached to an aromatic ring is 1. The van der Waals surface area contributed by atoms with E-state index in [1.807, 2.05) is 43.1 Å². The second kappa shape index (κ2) is 8.24. The SMILES string of the molecule is CCn1nc(C)c(C(C)NC(=O)N2CC3(CCn4nc(-c5cnc(N)c(C(F)(F)F)c5)cc43)C2)c1C. The monoisotopic (exact) mass is 502 g/mol. The van der Waals surface area contributed by atoms with E-state index >= 15 is 0 Å². The molecule has 0 aliphatic carbocycles. The van der Waals surface area contributed by atoms with Crippen molar-refractivity contribution in [1.82, 2.24) is 34.8 Å². The number of nitrogens with one attached hydrogen (secondary N) is 1. The maximum atomic E-state index is 13.3. The van der Waals surface area contributed by atoms with Gasteiger partial charge in [0.2, 0.25) is 0 Å². The van der Waals surface area contributed by atoms with Crippen LogP contribution in [0.5, 0.6) is 0 Å². The van der Waals surface area contributed by atoms with Crippen LogP contribution < -0.4 is 11.1 Å². The summed E-state index contributed by atoms with van der Waals surface area (Å²) < 4.78 is 43.6. The molecule has 5 heterocycles. The lowest BCUT2D eigenvalue weighted by atomic mass is 9.76. The van der Waals surface area contributed by atoms with Crippen molar-refractivity contribution in [3.8, 4) is 11.3 Å². The number of rotatable bonds is 4. The van der Waals surface area contributed by atoms with Gasteiger partial charge >= 0.3 is 12.2 Å². The van der Waals surface area contributed by atoms with Crippen LogP contribution in [0, 0.1) is 13.8 Å². The summed E-state index contributed by atoms with van der Waals surface area (Å²) in [5.41, 5.74) is 8.78. The third-order valence-corrected chi connectivity index (χ3v) is 7.43. The van der Waals surface area contributed by atoms with Gasteiger partial charge in [-0.25, -0.2) is 9.78 Å². The molecule has 192 valence electrons. The Balaban J connectivity index is 1.30. The molecule has 0 saturated carbocycles. The smallest absolute Gasteiger partial charge is 0.383 e. The third kappa shape index (κ3) is 3.79. The van der Waals surface area contributed by atoms with Crippen molar-refractivity contribution >= 4 is 11.8 Å². The Hall–Kier alpha value is -3.57. The number of carbonyl (C=O) groups excluding carboxylic acids is 1. The minimum Gasteiger partial charge on any atom is -0.383 e. The number of hydrogen-bond acceptors (Lipinski definition) is 5. The first-order valence-corrected chi connectivity index (χ1v) is 11.9. The molecule has 3 aromatic rings. The highest BCUT2D eigenvalue weighted by Crippen LogP contribution is 2.44. The lowest BCUT2D eigenvalue weighted by Crippen LogP contribution is -2.62. The lowest BCUT2D eigenvalue weighted by Gasteiger charge is -2.47. The van der Waals surface area contributed by atoms with Crippen LogP contribution in [0.25, 0.3) is 11.3 Å². The van der Waals surface area contributed by atoms with Gasteiger partial charge in [0, 0.05) is 60.3 Å². The molecule has 1 saturated heterocycles. The van der Waals surface area contributed by atoms with Gasteiger partial charge < -0.3 is 16.0 Å². The van der Waals surface area contributed by atoms with Gasteiger partial charge in [0.15, 0.2) is 0 Å². The molecule has 1 atom stereocenters. The normalized spacial score (nSPS) is 17.2. The number of hydrogen-bond donors (Lipinski definition) is 2. The van der Waals surface area contributed by atoms with E-state index < -0.39 is 17.6 Å². The predicted octanol–water partition coefficient (Wildman–Crippen LogP) is 3.81. The van der Waals surface area contributed by atoms with Crippen LogP contribution >= 0.6 is 0 Å². The number of pyridine rings is 1. The van der Waals surface area contributed by atoms with Crippen molar-refractivity contribution in [3.63, 3.8) is 0 Å². The average molecular weight is 503 g/mol. The first-order chi connectivity index (χ1) is 16.9. The maximum absolute atomic E-state index is 13.3. The van der Waals surface area contributed by atoms with E-state index in [1.165, 1.54) is 6.20 Å². The van der Waals surface area contributed by atoms with Crippen molar-refractivity contribution < 1.29 is 18.0 Å². The number of carbonyl (C=O) groups is 1. The summed E-state index contributed by atoms with van der Waals surface area (Å²) >= 11 is 0. The largest absolute Gasteiger partial charge is 0.419 e. The Labute approximate surface area is 206 Å². The van der Waals surface area contributed by atoms with Gasteiger partial charge in [-0.05, 0) is 46.2 Å². The zero-order valence-corrected chi connectivity index (χ0v) is 20.6. The minimum atomic E-state index is -4.60. The van der Waals surface area contributed by atoms with Gasteiger partial charge in [0.25, 0.3) is 0 Å². The van der Waals surface area contributed by atoms with Crippen molar-refractivity contribution in [2.45, 2.75) is 64.8 Å². The molecular formula is C24H29F3N8O. The summed E-state index contributed by atoms with van der Waals surface area (Å²) in [6, 6.07) is 2.46. The first-order valence-electron chi connectivity index (χ1n) is 11.9. The van der Waals surface area contributed by atoms with Gasteiger partial charge in [-0.3, -0.25) is 9.36 Å². The number of anilines is 1. The van der Waals surface area contributed by atoms with Crippen molar-refractivity contribution in [2.24, 2.45) is 0 Å². The highest BCUT2D eigenvalue weighted by atomic mass is 19.4. The molecule has 1 unspecified atom stereocenters. The Morgan fingerprint density at radius 2 is 1.97 bits per heavy atom. The Kier molecular flexibility index (Phi) is 5.53. The number of halogens is 3. The van der Waals surface area contributed by atoms with Crippen molar-refractivity contribution in [2.75, 3.05) is 18.8 Å². The van der Waals surface area contributed by atoms with Crippen LogP contribution in [0.15, 0.2) is 18.3 Å². The van der Waals surface area contributed by atoms with Gasteiger partial charge in [0.1, 0.15) is 5.82 Å².